The summed E-state index contributed by atoms with van der Waals surface area (Å²) in [7, 11) is 0. The van der Waals surface area contributed by atoms with Crippen LogP contribution in [0.2, 0.25) is 0 Å². The van der Waals surface area contributed by atoms with E-state index in [1.165, 1.54) is 83.5 Å². The minimum absolute atomic E-state index is 1.10. The Labute approximate surface area is 503 Å². The highest BCUT2D eigenvalue weighted by Gasteiger charge is 2.22. The average molecular weight is 1100 g/mol. The maximum absolute atomic E-state index is 2.44. The lowest BCUT2D eigenvalue weighted by Crippen LogP contribution is -2.12. The second-order valence-electron chi connectivity index (χ2n) is 22.9. The molecule has 0 radical (unpaired) electrons. The van der Waals surface area contributed by atoms with Crippen molar-refractivity contribution >= 4 is 68.2 Å². The van der Waals surface area contributed by atoms with E-state index in [9.17, 15) is 0 Å². The third kappa shape index (κ3) is 11.5. The van der Waals surface area contributed by atoms with E-state index in [2.05, 4.69) is 355 Å². The van der Waals surface area contributed by atoms with Crippen LogP contribution in [0.3, 0.4) is 0 Å². The smallest absolute Gasteiger partial charge is 0.0464 e. The van der Waals surface area contributed by atoms with Crippen LogP contribution in [0.4, 0.5) is 68.2 Å². The van der Waals surface area contributed by atoms with Crippen LogP contribution in [-0.2, 0) is 0 Å². The third-order valence-corrected chi connectivity index (χ3v) is 16.5. The molecule has 0 atom stereocenters. The summed E-state index contributed by atoms with van der Waals surface area (Å²) in [5.41, 5.74) is 31.7. The molecule has 4 nitrogen and oxygen atoms in total. The summed E-state index contributed by atoms with van der Waals surface area (Å²) in [5, 5.41) is 0. The first-order chi connectivity index (χ1) is 41.3. The summed E-state index contributed by atoms with van der Waals surface area (Å²) in [5.74, 6) is 0. The van der Waals surface area contributed by atoms with E-state index in [1.54, 1.807) is 0 Å². The van der Waals surface area contributed by atoms with Gasteiger partial charge >= 0.3 is 0 Å². The zero-order chi connectivity index (χ0) is 58.7. The Hall–Kier alpha value is -10.2. The van der Waals surface area contributed by atoms with Gasteiger partial charge in [-0.2, -0.15) is 0 Å². The molecule has 0 fully saturated rings. The molecule has 4 heteroatoms. The monoisotopic (exact) mass is 1100 g/mol. The SMILES string of the molecule is Cc1cccc(N(c2ccccc2)c2ccc(-c3ccc(N(c4ccc(-c5ccc(N(c6ccccc6)c6cccc(C)c6)cc5C)c(C)c4)c4ccc(-c5ccc(N(c6ccccc6)c6cccc(C)c6)cc5C)c(C)c4)cc3C)c(C)c2)c1. The van der Waals surface area contributed by atoms with Gasteiger partial charge < -0.3 is 19.6 Å². The first-order valence-corrected chi connectivity index (χ1v) is 29.6. The Bertz CT molecular complexity index is 3930. The molecule has 0 unspecified atom stereocenters. The Morgan fingerprint density at radius 3 is 0.518 bits per heavy atom. The predicted molar refractivity (Wildman–Crippen MR) is 364 cm³/mol. The normalized spacial score (nSPS) is 11.1. The molecule has 416 valence electrons. The summed E-state index contributed by atoms with van der Waals surface area (Å²) >= 11 is 0. The van der Waals surface area contributed by atoms with Gasteiger partial charge in [0.25, 0.3) is 0 Å². The number of nitrogens with zero attached hydrogens (tertiary/aromatic N) is 4. The van der Waals surface area contributed by atoms with Gasteiger partial charge in [0, 0.05) is 68.2 Å². The molecule has 0 spiro atoms. The lowest BCUT2D eigenvalue weighted by molar-refractivity contribution is 1.24. The Morgan fingerprint density at radius 2 is 0.329 bits per heavy atom. The highest BCUT2D eigenvalue weighted by atomic mass is 15.2. The zero-order valence-corrected chi connectivity index (χ0v) is 50.3. The van der Waals surface area contributed by atoms with Gasteiger partial charge in [-0.3, -0.25) is 0 Å². The van der Waals surface area contributed by atoms with Gasteiger partial charge in [0.05, 0.1) is 0 Å². The van der Waals surface area contributed by atoms with Crippen LogP contribution in [0.15, 0.2) is 273 Å². The predicted octanol–water partition coefficient (Wildman–Crippen LogP) is 23.3. The van der Waals surface area contributed by atoms with Crippen molar-refractivity contribution in [3.63, 3.8) is 0 Å². The molecule has 0 bridgehead atoms. The summed E-state index contributed by atoms with van der Waals surface area (Å²) in [4.78, 5) is 9.49. The highest BCUT2D eigenvalue weighted by molar-refractivity contribution is 5.88. The van der Waals surface area contributed by atoms with Crippen molar-refractivity contribution < 1.29 is 0 Å². The van der Waals surface area contributed by atoms with Crippen molar-refractivity contribution in [3.05, 3.63) is 323 Å². The van der Waals surface area contributed by atoms with E-state index < -0.39 is 0 Å². The summed E-state index contributed by atoms with van der Waals surface area (Å²) in [6.07, 6.45) is 0. The number of benzene rings is 12. The van der Waals surface area contributed by atoms with Crippen molar-refractivity contribution in [3.8, 4) is 33.4 Å². The van der Waals surface area contributed by atoms with Crippen LogP contribution in [0.5, 0.6) is 0 Å². The second-order valence-corrected chi connectivity index (χ2v) is 22.9. The van der Waals surface area contributed by atoms with Crippen molar-refractivity contribution in [2.24, 2.45) is 0 Å². The lowest BCUT2D eigenvalue weighted by atomic mass is 9.93. The Kier molecular flexibility index (Phi) is 15.6. The van der Waals surface area contributed by atoms with E-state index >= 15 is 0 Å². The number of hydrogen-bond donors (Lipinski definition) is 0. The number of rotatable bonds is 15. The molecule has 0 aromatic heterocycles. The summed E-state index contributed by atoms with van der Waals surface area (Å²) in [6.45, 7) is 20.0. The van der Waals surface area contributed by atoms with E-state index in [4.69, 9.17) is 0 Å². The molecular formula is C81H72N4. The molecule has 12 rings (SSSR count). The molecule has 12 aromatic rings. The van der Waals surface area contributed by atoms with Crippen LogP contribution in [0.25, 0.3) is 33.4 Å². The van der Waals surface area contributed by atoms with Crippen LogP contribution >= 0.6 is 0 Å². The van der Waals surface area contributed by atoms with E-state index in [0.29, 0.717) is 0 Å². The molecule has 0 saturated carbocycles. The number of aryl methyl sites for hydroxylation is 9. The standard InChI is InChI=1S/C81H72N4/c1-55-22-19-31-67(46-55)82(64-25-13-10-14-26-64)70-34-40-76(58(4)49-70)79-43-37-73(52-61(79)7)85(74-38-44-80(62(8)53-74)77-41-35-71(50-59(77)5)83(65-27-15-11-16-28-65)68-32-20-23-56(2)47-68)75-39-45-81(63(9)54-75)78-42-36-72(51-60(78)6)84(66-29-17-12-18-30-66)69-33-21-24-57(3)48-69/h10-54H,1-9H3. The molecule has 0 amide bonds. The van der Waals surface area contributed by atoms with Crippen molar-refractivity contribution in [2.45, 2.75) is 62.3 Å². The van der Waals surface area contributed by atoms with Crippen LogP contribution in [0, 0.1) is 62.3 Å². The minimum atomic E-state index is 1.10. The van der Waals surface area contributed by atoms with Gasteiger partial charge in [-0.25, -0.2) is 0 Å². The van der Waals surface area contributed by atoms with Crippen molar-refractivity contribution in [1.82, 2.24) is 0 Å². The fourth-order valence-electron chi connectivity index (χ4n) is 12.4. The number of hydrogen-bond acceptors (Lipinski definition) is 4. The van der Waals surface area contributed by atoms with Gasteiger partial charge in [0.2, 0.25) is 0 Å². The Morgan fingerprint density at radius 1 is 0.153 bits per heavy atom. The number of para-hydroxylation sites is 3. The van der Waals surface area contributed by atoms with Gasteiger partial charge in [-0.15, -0.1) is 0 Å². The largest absolute Gasteiger partial charge is 0.310 e. The summed E-state index contributed by atoms with van der Waals surface area (Å²) < 4.78 is 0. The van der Waals surface area contributed by atoms with E-state index in [1.807, 2.05) is 0 Å². The maximum Gasteiger partial charge on any atom is 0.0464 e. The van der Waals surface area contributed by atoms with Crippen LogP contribution in [0.1, 0.15) is 50.1 Å². The first kappa shape index (κ1) is 55.4. The number of anilines is 12. The third-order valence-electron chi connectivity index (χ3n) is 16.5. The van der Waals surface area contributed by atoms with E-state index in [0.717, 1.165) is 68.2 Å². The van der Waals surface area contributed by atoms with Gasteiger partial charge in [0.15, 0.2) is 0 Å². The van der Waals surface area contributed by atoms with Crippen LogP contribution < -0.4 is 19.6 Å². The van der Waals surface area contributed by atoms with Crippen molar-refractivity contribution in [1.29, 1.82) is 0 Å². The molecule has 0 N–H and O–H groups in total. The minimum Gasteiger partial charge on any atom is -0.310 e. The molecule has 12 aromatic carbocycles. The Balaban J connectivity index is 0.919. The molecule has 0 heterocycles. The summed E-state index contributed by atoms with van der Waals surface area (Å²) in [6, 6.07) is 99.9. The van der Waals surface area contributed by atoms with E-state index in [-0.39, 0.29) is 0 Å². The molecule has 0 aliphatic heterocycles. The first-order valence-electron chi connectivity index (χ1n) is 29.6. The molecular weight excluding hydrogens is 1030 g/mol. The quantitative estimate of drug-likeness (QED) is 0.101. The van der Waals surface area contributed by atoms with Crippen molar-refractivity contribution in [2.75, 3.05) is 19.6 Å². The topological polar surface area (TPSA) is 13.0 Å². The lowest BCUT2D eigenvalue weighted by Gasteiger charge is -2.29. The fourth-order valence-corrected chi connectivity index (χ4v) is 12.4. The zero-order valence-electron chi connectivity index (χ0n) is 50.3. The molecule has 0 aliphatic carbocycles. The van der Waals surface area contributed by atoms with Gasteiger partial charge in [0.1, 0.15) is 0 Å². The average Bonchev–Trinajstić information content (AvgIpc) is 3.49. The van der Waals surface area contributed by atoms with Gasteiger partial charge in [-0.05, 0) is 291 Å². The molecule has 0 saturated heterocycles. The maximum atomic E-state index is 2.44. The molecule has 0 aliphatic rings. The van der Waals surface area contributed by atoms with Crippen LogP contribution in [-0.4, -0.2) is 0 Å². The highest BCUT2D eigenvalue weighted by Crippen LogP contribution is 2.45. The second kappa shape index (κ2) is 24.0. The fraction of sp³-hybridized carbons (Fsp3) is 0.111. The molecule has 85 heavy (non-hydrogen) atoms. The van der Waals surface area contributed by atoms with Gasteiger partial charge in [-0.1, -0.05) is 127 Å².